The van der Waals surface area contributed by atoms with E-state index in [0.29, 0.717) is 22.7 Å². The first-order valence-corrected chi connectivity index (χ1v) is 9.11. The molecule has 20 heavy (non-hydrogen) atoms. The molecule has 0 radical (unpaired) electrons. The van der Waals surface area contributed by atoms with Gasteiger partial charge in [0.05, 0.1) is 15.9 Å². The second-order valence-electron chi connectivity index (χ2n) is 4.94. The Morgan fingerprint density at radius 2 is 2.25 bits per heavy atom. The molecule has 0 bridgehead atoms. The van der Waals surface area contributed by atoms with Gasteiger partial charge in [-0.3, -0.25) is 9.59 Å². The summed E-state index contributed by atoms with van der Waals surface area (Å²) in [6, 6.07) is 0.0276. The zero-order chi connectivity index (χ0) is 14.3. The molecule has 8 heteroatoms. The second kappa shape index (κ2) is 5.65. The van der Waals surface area contributed by atoms with Crippen LogP contribution in [0.25, 0.3) is 0 Å². The number of halogens is 1. The lowest BCUT2D eigenvalue weighted by atomic mass is 10.2. The van der Waals surface area contributed by atoms with E-state index >= 15 is 0 Å². The molecule has 0 aromatic carbocycles. The predicted octanol–water partition coefficient (Wildman–Crippen LogP) is 2.04. The van der Waals surface area contributed by atoms with Crippen LogP contribution < -0.4 is 0 Å². The topological polar surface area (TPSA) is 53.5 Å². The molecule has 1 aromatic rings. The number of nitrogens with zero attached hydrogens (tertiary/aromatic N) is 3. The fourth-order valence-corrected chi connectivity index (χ4v) is 4.51. The lowest BCUT2D eigenvalue weighted by Crippen LogP contribution is -2.48. The fourth-order valence-electron chi connectivity index (χ4n) is 2.20. The van der Waals surface area contributed by atoms with Gasteiger partial charge in [0.15, 0.2) is 5.01 Å². The van der Waals surface area contributed by atoms with Gasteiger partial charge in [0.1, 0.15) is 6.04 Å². The Morgan fingerprint density at radius 1 is 1.50 bits per heavy atom. The van der Waals surface area contributed by atoms with Gasteiger partial charge in [-0.1, -0.05) is 0 Å². The predicted molar refractivity (Wildman–Crippen MR) is 82.9 cm³/mol. The highest BCUT2D eigenvalue weighted by atomic mass is 79.9. The molecule has 2 amide bonds. The van der Waals surface area contributed by atoms with Crippen LogP contribution in [0.4, 0.5) is 0 Å². The average molecular weight is 376 g/mol. The minimum Gasteiger partial charge on any atom is -0.341 e. The largest absolute Gasteiger partial charge is 0.341 e. The van der Waals surface area contributed by atoms with E-state index in [2.05, 4.69) is 20.9 Å². The highest BCUT2D eigenvalue weighted by Crippen LogP contribution is 2.30. The van der Waals surface area contributed by atoms with E-state index in [4.69, 9.17) is 0 Å². The minimum absolute atomic E-state index is 0.0569. The molecule has 5 nitrogen and oxygen atoms in total. The first-order chi connectivity index (χ1) is 9.58. The van der Waals surface area contributed by atoms with Crippen LogP contribution in [-0.4, -0.2) is 57.4 Å². The third kappa shape index (κ3) is 2.73. The third-order valence-corrected chi connectivity index (χ3v) is 6.01. The van der Waals surface area contributed by atoms with Crippen molar-refractivity contribution in [2.75, 3.05) is 18.7 Å². The molecular weight excluding hydrogens is 362 g/mol. The molecular formula is C12H14BrN3O2S2. The molecule has 1 saturated carbocycles. The van der Waals surface area contributed by atoms with Gasteiger partial charge in [0, 0.05) is 18.8 Å². The molecule has 108 valence electrons. The van der Waals surface area contributed by atoms with Crippen LogP contribution in [0, 0.1) is 0 Å². The van der Waals surface area contributed by atoms with Gasteiger partial charge in [-0.15, -0.1) is 23.1 Å². The summed E-state index contributed by atoms with van der Waals surface area (Å²) >= 11 is 6.23. The highest BCUT2D eigenvalue weighted by molar-refractivity contribution is 9.11. The summed E-state index contributed by atoms with van der Waals surface area (Å²) in [6.07, 6.45) is 3.78. The van der Waals surface area contributed by atoms with Gasteiger partial charge in [0.25, 0.3) is 5.91 Å². The van der Waals surface area contributed by atoms with Crippen molar-refractivity contribution in [3.05, 3.63) is 15.0 Å². The van der Waals surface area contributed by atoms with Crippen molar-refractivity contribution in [2.45, 2.75) is 24.9 Å². The van der Waals surface area contributed by atoms with Crippen molar-refractivity contribution in [3.63, 3.8) is 0 Å². The number of thioether (sulfide) groups is 1. The summed E-state index contributed by atoms with van der Waals surface area (Å²) in [5.41, 5.74) is 0. The van der Waals surface area contributed by atoms with Crippen LogP contribution in [0.2, 0.25) is 0 Å². The molecule has 2 fully saturated rings. The van der Waals surface area contributed by atoms with E-state index in [-0.39, 0.29) is 17.9 Å². The maximum Gasteiger partial charge on any atom is 0.284 e. The Hall–Kier alpha value is -0.600. The molecule has 1 aliphatic heterocycles. The van der Waals surface area contributed by atoms with E-state index in [9.17, 15) is 9.59 Å². The van der Waals surface area contributed by atoms with Crippen LogP contribution in [0.3, 0.4) is 0 Å². The molecule has 1 aromatic heterocycles. The van der Waals surface area contributed by atoms with Gasteiger partial charge >= 0.3 is 0 Å². The SMILES string of the molecule is CN(C(=O)[C@H]1CSCN1C(=O)c1ncc(Br)s1)C1CC1. The summed E-state index contributed by atoms with van der Waals surface area (Å²) in [7, 11) is 1.84. The van der Waals surface area contributed by atoms with Gasteiger partial charge < -0.3 is 9.80 Å². The van der Waals surface area contributed by atoms with Crippen molar-refractivity contribution < 1.29 is 9.59 Å². The summed E-state index contributed by atoms with van der Waals surface area (Å²) in [5.74, 6) is 1.15. The van der Waals surface area contributed by atoms with Gasteiger partial charge in [-0.25, -0.2) is 4.98 Å². The first-order valence-electron chi connectivity index (χ1n) is 6.34. The molecule has 2 aliphatic rings. The van der Waals surface area contributed by atoms with Crippen LogP contribution in [-0.2, 0) is 4.79 Å². The zero-order valence-electron chi connectivity index (χ0n) is 10.9. The number of carbonyl (C=O) groups is 2. The van der Waals surface area contributed by atoms with E-state index < -0.39 is 0 Å². The van der Waals surface area contributed by atoms with Crippen molar-refractivity contribution >= 4 is 50.8 Å². The van der Waals surface area contributed by atoms with E-state index in [1.807, 2.05) is 7.05 Å². The molecule has 2 heterocycles. The number of amides is 2. The summed E-state index contributed by atoms with van der Waals surface area (Å²) in [6.45, 7) is 0. The Balaban J connectivity index is 1.74. The van der Waals surface area contributed by atoms with Crippen molar-refractivity contribution in [2.24, 2.45) is 0 Å². The van der Waals surface area contributed by atoms with Gasteiger partial charge in [0.2, 0.25) is 5.91 Å². The molecule has 0 N–H and O–H groups in total. The van der Waals surface area contributed by atoms with Crippen molar-refractivity contribution in [1.29, 1.82) is 0 Å². The Morgan fingerprint density at radius 3 is 2.85 bits per heavy atom. The van der Waals surface area contributed by atoms with E-state index in [1.165, 1.54) is 11.3 Å². The maximum atomic E-state index is 12.5. The van der Waals surface area contributed by atoms with Gasteiger partial charge in [-0.2, -0.15) is 0 Å². The number of hydrogen-bond acceptors (Lipinski definition) is 5. The summed E-state index contributed by atoms with van der Waals surface area (Å²) in [4.78, 5) is 32.5. The monoisotopic (exact) mass is 375 g/mol. The number of hydrogen-bond donors (Lipinski definition) is 0. The summed E-state index contributed by atoms with van der Waals surface area (Å²) < 4.78 is 0.825. The van der Waals surface area contributed by atoms with Crippen LogP contribution in [0.15, 0.2) is 9.98 Å². The van der Waals surface area contributed by atoms with Crippen LogP contribution in [0.5, 0.6) is 0 Å². The third-order valence-electron chi connectivity index (χ3n) is 3.53. The minimum atomic E-state index is -0.347. The quantitative estimate of drug-likeness (QED) is 0.810. The lowest BCUT2D eigenvalue weighted by molar-refractivity contribution is -0.134. The first kappa shape index (κ1) is 14.3. The van der Waals surface area contributed by atoms with Gasteiger partial charge in [-0.05, 0) is 28.8 Å². The zero-order valence-corrected chi connectivity index (χ0v) is 14.1. The highest BCUT2D eigenvalue weighted by Gasteiger charge is 2.40. The standard InChI is InChI=1S/C12H14BrN3O2S2/c1-15(7-2-3-7)11(17)8-5-19-6-16(8)12(18)10-14-4-9(13)20-10/h4,7-8H,2-3,5-6H2,1H3/t8-/m1/s1. The number of carbonyl (C=O) groups excluding carboxylic acids is 2. The lowest BCUT2D eigenvalue weighted by Gasteiger charge is -2.26. The van der Waals surface area contributed by atoms with Crippen LogP contribution >= 0.6 is 39.0 Å². The number of likely N-dealkylation sites (N-methyl/N-ethyl adjacent to an activating group) is 1. The number of thiazole rings is 1. The fraction of sp³-hybridized carbons (Fsp3) is 0.583. The molecule has 1 saturated heterocycles. The average Bonchev–Trinajstić information content (AvgIpc) is 3.01. The second-order valence-corrected chi connectivity index (χ2v) is 8.35. The number of aromatic nitrogens is 1. The molecule has 0 spiro atoms. The van der Waals surface area contributed by atoms with Crippen LogP contribution in [0.1, 0.15) is 22.6 Å². The van der Waals surface area contributed by atoms with Crippen molar-refractivity contribution in [1.82, 2.24) is 14.8 Å². The normalized spacial score (nSPS) is 22.1. The van der Waals surface area contributed by atoms with E-state index in [1.54, 1.807) is 27.8 Å². The maximum absolute atomic E-state index is 12.5. The van der Waals surface area contributed by atoms with E-state index in [0.717, 1.165) is 16.6 Å². The Kier molecular flexibility index (Phi) is 4.05. The molecule has 1 aliphatic carbocycles. The Labute approximate surface area is 133 Å². The molecule has 3 rings (SSSR count). The Bertz CT molecular complexity index is 547. The molecule has 1 atom stereocenters. The smallest absolute Gasteiger partial charge is 0.284 e. The number of rotatable bonds is 3. The summed E-state index contributed by atoms with van der Waals surface area (Å²) in [5, 5.41) is 0.436. The molecule has 0 unspecified atom stereocenters. The van der Waals surface area contributed by atoms with Crippen molar-refractivity contribution in [3.8, 4) is 0 Å².